The molecule has 0 radical (unpaired) electrons. The maximum Gasteiger partial charge on any atom is 0.357 e. The number of para-hydroxylation sites is 1. The number of benzene rings is 1. The molecule has 1 unspecified atom stereocenters. The Balaban J connectivity index is 2.63. The molecule has 0 fully saturated rings. The van der Waals surface area contributed by atoms with Gasteiger partial charge >= 0.3 is 11.4 Å². The largest absolute Gasteiger partial charge is 0.357 e. The Hall–Kier alpha value is -2.24. The van der Waals surface area contributed by atoms with E-state index >= 15 is 0 Å². The first-order chi connectivity index (χ1) is 7.48. The maximum atomic E-state index is 11.9. The molecule has 1 aromatic carbocycles. The third kappa shape index (κ3) is 1.13. The summed E-state index contributed by atoms with van der Waals surface area (Å²) in [5.41, 5.74) is -1.74. The first-order valence-corrected chi connectivity index (χ1v) is 4.57. The fourth-order valence-corrected chi connectivity index (χ4v) is 1.57. The molecular weight excluding hydrogens is 212 g/mol. The Morgan fingerprint density at radius 1 is 1.31 bits per heavy atom. The molecule has 0 aliphatic carbocycles. The van der Waals surface area contributed by atoms with Crippen molar-refractivity contribution in [3.05, 3.63) is 39.9 Å². The lowest BCUT2D eigenvalue weighted by molar-refractivity contribution is -0.528. The van der Waals surface area contributed by atoms with Crippen LogP contribution in [-0.2, 0) is 4.79 Å². The van der Waals surface area contributed by atoms with Crippen molar-refractivity contribution in [2.45, 2.75) is 12.5 Å². The number of hydrogen-bond donors (Lipinski definition) is 1. The molecule has 1 N–H and O–H groups in total. The lowest BCUT2D eigenvalue weighted by atomic mass is 9.86. The van der Waals surface area contributed by atoms with E-state index in [0.717, 1.165) is 6.92 Å². The molecule has 1 aliphatic heterocycles. The van der Waals surface area contributed by atoms with Crippen molar-refractivity contribution >= 4 is 17.4 Å². The molecule has 82 valence electrons. The summed E-state index contributed by atoms with van der Waals surface area (Å²) in [5, 5.41) is 13.2. The van der Waals surface area contributed by atoms with Crippen molar-refractivity contribution < 1.29 is 14.5 Å². The van der Waals surface area contributed by atoms with E-state index in [0.29, 0.717) is 5.69 Å². The van der Waals surface area contributed by atoms with Gasteiger partial charge in [0.25, 0.3) is 5.78 Å². The van der Waals surface area contributed by atoms with Crippen molar-refractivity contribution in [1.29, 1.82) is 0 Å². The van der Waals surface area contributed by atoms with E-state index in [1.807, 2.05) is 0 Å². The van der Waals surface area contributed by atoms with E-state index in [2.05, 4.69) is 5.32 Å². The average molecular weight is 220 g/mol. The van der Waals surface area contributed by atoms with Crippen molar-refractivity contribution in [3.63, 3.8) is 0 Å². The molecule has 1 heterocycles. The van der Waals surface area contributed by atoms with Gasteiger partial charge in [0.2, 0.25) is 0 Å². The number of nitrogens with one attached hydrogen (secondary N) is 1. The van der Waals surface area contributed by atoms with Crippen LogP contribution in [0.2, 0.25) is 0 Å². The van der Waals surface area contributed by atoms with Crippen LogP contribution in [0.15, 0.2) is 24.3 Å². The molecule has 2 rings (SSSR count). The molecule has 1 aromatic rings. The van der Waals surface area contributed by atoms with Gasteiger partial charge in [-0.3, -0.25) is 19.7 Å². The van der Waals surface area contributed by atoms with Crippen LogP contribution >= 0.6 is 0 Å². The maximum absolute atomic E-state index is 11.9. The number of fused-ring (bicyclic) bond motifs is 1. The topological polar surface area (TPSA) is 89.3 Å². The van der Waals surface area contributed by atoms with Gasteiger partial charge in [-0.05, 0) is 12.1 Å². The highest BCUT2D eigenvalue weighted by Crippen LogP contribution is 2.29. The third-order valence-corrected chi connectivity index (χ3v) is 2.67. The predicted octanol–water partition coefficient (Wildman–Crippen LogP) is 0.857. The number of nitrogens with zero attached hydrogens (tertiary/aromatic N) is 1. The highest BCUT2D eigenvalue weighted by Gasteiger charge is 2.56. The minimum atomic E-state index is -2.23. The molecule has 6 nitrogen and oxygen atoms in total. The molecule has 0 saturated heterocycles. The van der Waals surface area contributed by atoms with Crippen molar-refractivity contribution in [1.82, 2.24) is 0 Å². The van der Waals surface area contributed by atoms with E-state index in [1.54, 1.807) is 12.1 Å². The molecule has 0 bridgehead atoms. The minimum Gasteiger partial charge on any atom is -0.319 e. The van der Waals surface area contributed by atoms with Crippen LogP contribution in [-0.4, -0.2) is 22.2 Å². The average Bonchev–Trinajstić information content (AvgIpc) is 2.26. The smallest absolute Gasteiger partial charge is 0.319 e. The lowest BCUT2D eigenvalue weighted by Gasteiger charge is -2.25. The zero-order chi connectivity index (χ0) is 11.9. The van der Waals surface area contributed by atoms with Crippen LogP contribution in [0, 0.1) is 10.1 Å². The van der Waals surface area contributed by atoms with Gasteiger partial charge in [0.1, 0.15) is 0 Å². The van der Waals surface area contributed by atoms with Gasteiger partial charge in [-0.2, -0.15) is 0 Å². The quantitative estimate of drug-likeness (QED) is 0.431. The van der Waals surface area contributed by atoms with E-state index in [1.165, 1.54) is 12.1 Å². The number of nitro groups is 1. The number of carbonyl (C=O) groups excluding carboxylic acids is 2. The SMILES string of the molecule is CC1([N+](=O)[O-])C(=O)Nc2ccccc2C1=O. The Labute approximate surface area is 90.4 Å². The van der Waals surface area contributed by atoms with Gasteiger partial charge in [0, 0.05) is 17.4 Å². The molecule has 1 amide bonds. The van der Waals surface area contributed by atoms with Crippen LogP contribution in [0.25, 0.3) is 0 Å². The fraction of sp³-hybridized carbons (Fsp3) is 0.200. The Morgan fingerprint density at radius 3 is 2.56 bits per heavy atom. The Bertz CT molecular complexity index is 511. The number of anilines is 1. The summed E-state index contributed by atoms with van der Waals surface area (Å²) in [6, 6.07) is 6.22. The van der Waals surface area contributed by atoms with Gasteiger partial charge in [-0.25, -0.2) is 0 Å². The highest BCUT2D eigenvalue weighted by atomic mass is 16.6. The number of carbonyl (C=O) groups is 2. The minimum absolute atomic E-state index is 0.168. The first-order valence-electron chi connectivity index (χ1n) is 4.57. The standard InChI is InChI=1S/C10H8N2O4/c1-10(12(15)16)8(13)6-4-2-3-5-7(6)11-9(10)14/h2-5H,1H3,(H,11,14). The number of Topliss-reactive ketones (excluding diaryl/α,β-unsaturated/α-hetero) is 1. The van der Waals surface area contributed by atoms with Gasteiger partial charge in [0.15, 0.2) is 0 Å². The van der Waals surface area contributed by atoms with Crippen molar-refractivity contribution in [2.75, 3.05) is 5.32 Å². The fourth-order valence-electron chi connectivity index (χ4n) is 1.57. The zero-order valence-electron chi connectivity index (χ0n) is 8.39. The summed E-state index contributed by atoms with van der Waals surface area (Å²) in [6.45, 7) is 1.01. The van der Waals surface area contributed by atoms with Crippen molar-refractivity contribution in [2.24, 2.45) is 0 Å². The summed E-state index contributed by atoms with van der Waals surface area (Å²) in [5.74, 6) is -1.68. The predicted molar refractivity (Wildman–Crippen MR) is 54.8 cm³/mol. The second-order valence-electron chi connectivity index (χ2n) is 3.66. The van der Waals surface area contributed by atoms with E-state index in [-0.39, 0.29) is 5.56 Å². The van der Waals surface area contributed by atoms with Crippen LogP contribution in [0.5, 0.6) is 0 Å². The molecule has 6 heteroatoms. The normalized spacial score (nSPS) is 23.6. The van der Waals surface area contributed by atoms with Gasteiger partial charge in [0.05, 0.1) is 5.69 Å². The monoisotopic (exact) mass is 220 g/mol. The van der Waals surface area contributed by atoms with Gasteiger partial charge < -0.3 is 5.32 Å². The molecule has 0 spiro atoms. The summed E-state index contributed by atoms with van der Waals surface area (Å²) < 4.78 is 0. The van der Waals surface area contributed by atoms with Gasteiger partial charge in [-0.1, -0.05) is 12.1 Å². The van der Waals surface area contributed by atoms with Crippen molar-refractivity contribution in [3.8, 4) is 0 Å². The molecule has 1 aliphatic rings. The van der Waals surface area contributed by atoms with Crippen LogP contribution in [0.1, 0.15) is 17.3 Å². The second-order valence-corrected chi connectivity index (χ2v) is 3.66. The third-order valence-electron chi connectivity index (χ3n) is 2.67. The van der Waals surface area contributed by atoms with Crippen LogP contribution in [0.3, 0.4) is 0 Å². The summed E-state index contributed by atoms with van der Waals surface area (Å²) >= 11 is 0. The lowest BCUT2D eigenvalue weighted by Crippen LogP contribution is -2.56. The first kappa shape index (κ1) is 10.3. The Morgan fingerprint density at radius 2 is 1.94 bits per heavy atom. The summed E-state index contributed by atoms with van der Waals surface area (Å²) in [7, 11) is 0. The van der Waals surface area contributed by atoms with Gasteiger partial charge in [-0.15, -0.1) is 0 Å². The molecule has 16 heavy (non-hydrogen) atoms. The summed E-state index contributed by atoms with van der Waals surface area (Å²) in [4.78, 5) is 33.4. The van der Waals surface area contributed by atoms with E-state index < -0.39 is 22.2 Å². The number of rotatable bonds is 1. The highest BCUT2D eigenvalue weighted by molar-refractivity contribution is 6.25. The number of amides is 1. The van der Waals surface area contributed by atoms with Crippen LogP contribution < -0.4 is 5.32 Å². The zero-order valence-corrected chi connectivity index (χ0v) is 8.39. The Kier molecular flexibility index (Phi) is 2.01. The van der Waals surface area contributed by atoms with Crippen LogP contribution in [0.4, 0.5) is 5.69 Å². The summed E-state index contributed by atoms with van der Waals surface area (Å²) in [6.07, 6.45) is 0. The molecule has 0 saturated carbocycles. The number of ketones is 1. The molecular formula is C10H8N2O4. The molecule has 1 atom stereocenters. The van der Waals surface area contributed by atoms with E-state index in [9.17, 15) is 19.7 Å². The second kappa shape index (κ2) is 3.13. The van der Waals surface area contributed by atoms with E-state index in [4.69, 9.17) is 0 Å². The number of hydrogen-bond acceptors (Lipinski definition) is 4. The molecule has 0 aromatic heterocycles.